The topological polar surface area (TPSA) is 46.2 Å². The molecule has 0 radical (unpaired) electrons. The van der Waals surface area contributed by atoms with Crippen molar-refractivity contribution >= 4 is 12.4 Å². The molecule has 3 N–H and O–H groups in total. The van der Waals surface area contributed by atoms with E-state index in [0.29, 0.717) is 25.0 Å². The quantitative estimate of drug-likeness (QED) is 0.786. The van der Waals surface area contributed by atoms with Crippen LogP contribution < -0.4 is 5.73 Å². The third-order valence-electron chi connectivity index (χ3n) is 4.00. The first kappa shape index (κ1) is 20.1. The van der Waals surface area contributed by atoms with Crippen LogP contribution in [0.4, 0.5) is 26.3 Å². The van der Waals surface area contributed by atoms with Gasteiger partial charge in [0.05, 0.1) is 23.3 Å². The van der Waals surface area contributed by atoms with Crippen LogP contribution >= 0.6 is 12.4 Å². The minimum absolute atomic E-state index is 0. The average Bonchev–Trinajstić information content (AvgIpc) is 2.33. The number of hydrogen-bond donors (Lipinski definition) is 2. The van der Waals surface area contributed by atoms with Crippen molar-refractivity contribution in [2.45, 2.75) is 43.8 Å². The van der Waals surface area contributed by atoms with E-state index in [1.807, 2.05) is 0 Å². The molecule has 9 heteroatoms. The van der Waals surface area contributed by atoms with Gasteiger partial charge in [-0.3, -0.25) is 0 Å². The molecule has 0 unspecified atom stereocenters. The summed E-state index contributed by atoms with van der Waals surface area (Å²) >= 11 is 0. The molecular formula is C14H16ClF6NO. The lowest BCUT2D eigenvalue weighted by Crippen LogP contribution is -2.36. The molecule has 23 heavy (non-hydrogen) atoms. The van der Waals surface area contributed by atoms with E-state index in [1.165, 1.54) is 0 Å². The van der Waals surface area contributed by atoms with E-state index < -0.39 is 35.6 Å². The second-order valence-electron chi connectivity index (χ2n) is 5.55. The Balaban J connectivity index is 0.00000264. The molecule has 1 aliphatic carbocycles. The fourth-order valence-corrected chi connectivity index (χ4v) is 2.44. The first-order chi connectivity index (χ1) is 10.00. The predicted molar refractivity (Wildman–Crippen MR) is 74.0 cm³/mol. The molecule has 132 valence electrons. The Kier molecular flexibility index (Phi) is 5.98. The second kappa shape index (κ2) is 6.86. The first-order valence-corrected chi connectivity index (χ1v) is 6.73. The maximum atomic E-state index is 12.8. The summed E-state index contributed by atoms with van der Waals surface area (Å²) < 4.78 is 76.6. The Morgan fingerprint density at radius 1 is 0.957 bits per heavy atom. The Hall–Kier alpha value is -0.990. The zero-order chi connectivity index (χ0) is 16.7. The average molecular weight is 364 g/mol. The highest BCUT2D eigenvalue weighted by Gasteiger charge is 2.38. The van der Waals surface area contributed by atoms with Gasteiger partial charge in [0, 0.05) is 0 Å². The van der Waals surface area contributed by atoms with Gasteiger partial charge < -0.3 is 10.8 Å². The van der Waals surface area contributed by atoms with Crippen molar-refractivity contribution in [2.75, 3.05) is 0 Å². The van der Waals surface area contributed by atoms with Gasteiger partial charge >= 0.3 is 12.4 Å². The first-order valence-electron chi connectivity index (χ1n) is 6.73. The van der Waals surface area contributed by atoms with Crippen molar-refractivity contribution in [1.82, 2.24) is 0 Å². The molecule has 0 amide bonds. The molecule has 0 aromatic heterocycles. The number of halogens is 7. The van der Waals surface area contributed by atoms with Crippen molar-refractivity contribution in [2.24, 2.45) is 11.7 Å². The van der Waals surface area contributed by atoms with Crippen LogP contribution in [-0.4, -0.2) is 11.2 Å². The molecule has 0 bridgehead atoms. The Morgan fingerprint density at radius 2 is 1.39 bits per heavy atom. The second-order valence-corrected chi connectivity index (χ2v) is 5.55. The predicted octanol–water partition coefficient (Wildman–Crippen LogP) is 4.31. The van der Waals surface area contributed by atoms with E-state index in [2.05, 4.69) is 0 Å². The molecule has 1 aromatic carbocycles. The highest BCUT2D eigenvalue weighted by atomic mass is 35.5. The van der Waals surface area contributed by atoms with Crippen LogP contribution in [-0.2, 0) is 12.4 Å². The van der Waals surface area contributed by atoms with Crippen LogP contribution in [0.1, 0.15) is 42.0 Å². The van der Waals surface area contributed by atoms with Gasteiger partial charge in [0.15, 0.2) is 0 Å². The molecule has 1 aromatic rings. The molecule has 0 aliphatic heterocycles. The molecule has 1 fully saturated rings. The maximum absolute atomic E-state index is 12.8. The van der Waals surface area contributed by atoms with E-state index >= 15 is 0 Å². The van der Waals surface area contributed by atoms with Crippen LogP contribution in [0.2, 0.25) is 0 Å². The van der Waals surface area contributed by atoms with E-state index in [-0.39, 0.29) is 30.0 Å². The molecule has 2 nitrogen and oxygen atoms in total. The lowest BCUT2D eigenvalue weighted by atomic mass is 9.77. The number of hydrogen-bond acceptors (Lipinski definition) is 2. The van der Waals surface area contributed by atoms with Crippen molar-refractivity contribution in [3.8, 4) is 0 Å². The van der Waals surface area contributed by atoms with Crippen molar-refractivity contribution in [3.05, 3.63) is 34.9 Å². The van der Waals surface area contributed by atoms with Gasteiger partial charge in [-0.25, -0.2) is 0 Å². The van der Waals surface area contributed by atoms with Gasteiger partial charge in [0.25, 0.3) is 0 Å². The normalized spacial score (nSPS) is 18.8. The van der Waals surface area contributed by atoms with Crippen LogP contribution in [0.5, 0.6) is 0 Å². The smallest absolute Gasteiger partial charge is 0.391 e. The van der Waals surface area contributed by atoms with E-state index in [1.54, 1.807) is 0 Å². The largest absolute Gasteiger partial charge is 0.416 e. The summed E-state index contributed by atoms with van der Waals surface area (Å²) in [6.45, 7) is 0. The highest BCUT2D eigenvalue weighted by molar-refractivity contribution is 5.85. The molecule has 0 saturated heterocycles. The molecule has 0 spiro atoms. The minimum atomic E-state index is -4.92. The number of benzene rings is 1. The maximum Gasteiger partial charge on any atom is 0.416 e. The van der Waals surface area contributed by atoms with Crippen molar-refractivity contribution in [3.63, 3.8) is 0 Å². The fourth-order valence-electron chi connectivity index (χ4n) is 2.44. The zero-order valence-electron chi connectivity index (χ0n) is 11.8. The molecular weight excluding hydrogens is 348 g/mol. The Bertz CT molecular complexity index is 509. The fraction of sp³-hybridized carbons (Fsp3) is 0.571. The summed E-state index contributed by atoms with van der Waals surface area (Å²) in [4.78, 5) is 0. The number of rotatable bonds is 3. The molecule has 2 rings (SSSR count). The third-order valence-corrected chi connectivity index (χ3v) is 4.00. The lowest BCUT2D eigenvalue weighted by molar-refractivity contribution is -0.143. The standard InChI is InChI=1S/C14H15F6NO.ClH/c15-13(16,17)9-4-8(5-10(6-9)14(18,19)20)11(21)12(22)7-2-1-3-7;/h4-7,11-12,22H,1-3,21H2;1H/t11-,12+;/m1./s1. The number of nitrogens with two attached hydrogens (primary N) is 1. The van der Waals surface area contributed by atoms with E-state index in [0.717, 1.165) is 6.42 Å². The van der Waals surface area contributed by atoms with Crippen LogP contribution in [0, 0.1) is 5.92 Å². The van der Waals surface area contributed by atoms with Crippen LogP contribution in [0.25, 0.3) is 0 Å². The van der Waals surface area contributed by atoms with Crippen molar-refractivity contribution in [1.29, 1.82) is 0 Å². The molecule has 1 aliphatic rings. The molecule has 0 heterocycles. The monoisotopic (exact) mass is 363 g/mol. The Morgan fingerprint density at radius 3 is 1.70 bits per heavy atom. The van der Waals surface area contributed by atoms with Gasteiger partial charge in [0.2, 0.25) is 0 Å². The van der Waals surface area contributed by atoms with Gasteiger partial charge in [-0.05, 0) is 42.5 Å². The van der Waals surface area contributed by atoms with Crippen molar-refractivity contribution < 1.29 is 31.4 Å². The molecule has 1 saturated carbocycles. The lowest BCUT2D eigenvalue weighted by Gasteiger charge is -2.34. The summed E-state index contributed by atoms with van der Waals surface area (Å²) in [7, 11) is 0. The Labute approximate surface area is 135 Å². The summed E-state index contributed by atoms with van der Waals surface area (Å²) in [5, 5.41) is 9.99. The van der Waals surface area contributed by atoms with E-state index in [9.17, 15) is 31.4 Å². The minimum Gasteiger partial charge on any atom is -0.391 e. The SMILES string of the molecule is Cl.N[C@H](c1cc(C(F)(F)F)cc(C(F)(F)F)c1)[C@@H](O)C1CCC1. The van der Waals surface area contributed by atoms with Crippen LogP contribution in [0.3, 0.4) is 0 Å². The number of alkyl halides is 6. The molecule has 2 atom stereocenters. The number of aliphatic hydroxyl groups is 1. The van der Waals surface area contributed by atoms with Gasteiger partial charge in [0.1, 0.15) is 0 Å². The summed E-state index contributed by atoms with van der Waals surface area (Å²) in [6, 6.07) is -0.0936. The zero-order valence-corrected chi connectivity index (χ0v) is 12.6. The third kappa shape index (κ3) is 4.51. The van der Waals surface area contributed by atoms with Crippen LogP contribution in [0.15, 0.2) is 18.2 Å². The van der Waals surface area contributed by atoms with E-state index in [4.69, 9.17) is 5.73 Å². The van der Waals surface area contributed by atoms with Gasteiger partial charge in [-0.2, -0.15) is 26.3 Å². The summed E-state index contributed by atoms with van der Waals surface area (Å²) in [5.41, 5.74) is 2.48. The van der Waals surface area contributed by atoms with Gasteiger partial charge in [-0.15, -0.1) is 12.4 Å². The summed E-state index contributed by atoms with van der Waals surface area (Å²) in [6.07, 6.45) is -8.79. The number of aliphatic hydroxyl groups excluding tert-OH is 1. The highest BCUT2D eigenvalue weighted by Crippen LogP contribution is 2.39. The van der Waals surface area contributed by atoms with Gasteiger partial charge in [-0.1, -0.05) is 6.42 Å². The summed E-state index contributed by atoms with van der Waals surface area (Å²) in [5.74, 6) is -0.182.